The molecule has 8 nitrogen and oxygen atoms in total. The fourth-order valence-electron chi connectivity index (χ4n) is 4.51. The molecule has 1 fully saturated rings. The van der Waals surface area contributed by atoms with E-state index in [2.05, 4.69) is 37.7 Å². The van der Waals surface area contributed by atoms with Crippen molar-refractivity contribution in [2.45, 2.75) is 25.0 Å². The topological polar surface area (TPSA) is 96.4 Å². The van der Waals surface area contributed by atoms with Gasteiger partial charge in [0.2, 0.25) is 0 Å². The Balaban J connectivity index is 1.26. The van der Waals surface area contributed by atoms with Gasteiger partial charge in [-0.05, 0) is 58.7 Å². The monoisotopic (exact) mass is 457 g/mol. The zero-order valence-electron chi connectivity index (χ0n) is 19.0. The number of para-hydroxylation sites is 2. The number of piperidine rings is 1. The molecule has 1 aliphatic rings. The maximum atomic E-state index is 11.5. The Morgan fingerprint density at radius 2 is 1.74 bits per heavy atom. The number of benzene rings is 3. The van der Waals surface area contributed by atoms with Gasteiger partial charge in [-0.15, -0.1) is 5.10 Å². The zero-order valence-corrected chi connectivity index (χ0v) is 19.0. The first-order chi connectivity index (χ1) is 16.6. The summed E-state index contributed by atoms with van der Waals surface area (Å²) in [6, 6.07) is 23.5. The van der Waals surface area contributed by atoms with Gasteiger partial charge in [0, 0.05) is 25.2 Å². The highest BCUT2D eigenvalue weighted by Gasteiger charge is 2.36. The number of rotatable bonds is 7. The molecule has 1 aliphatic heterocycles. The van der Waals surface area contributed by atoms with Gasteiger partial charge in [-0.1, -0.05) is 48.5 Å². The van der Waals surface area contributed by atoms with Crippen LogP contribution >= 0.6 is 0 Å². The number of hydrogen-bond acceptors (Lipinski definition) is 7. The molecule has 8 heteroatoms. The number of methoxy groups -OCH3 is 1. The molecule has 5 rings (SSSR count). The Kier molecular flexibility index (Phi) is 6.24. The van der Waals surface area contributed by atoms with Crippen LogP contribution in [-0.4, -0.2) is 50.8 Å². The number of aromatic nitrogens is 4. The van der Waals surface area contributed by atoms with Crippen LogP contribution in [0.15, 0.2) is 72.8 Å². The molecule has 4 aromatic rings. The average Bonchev–Trinajstić information content (AvgIpc) is 3.41. The number of likely N-dealkylation sites (tertiary alicyclic amines) is 1. The van der Waals surface area contributed by atoms with Crippen LogP contribution in [0.2, 0.25) is 0 Å². The first-order valence-corrected chi connectivity index (χ1v) is 11.3. The predicted octanol–water partition coefficient (Wildman–Crippen LogP) is 4.15. The molecule has 0 amide bonds. The van der Waals surface area contributed by atoms with Crippen LogP contribution in [0.4, 0.5) is 0 Å². The molecule has 0 saturated carbocycles. The van der Waals surface area contributed by atoms with E-state index in [4.69, 9.17) is 9.47 Å². The largest absolute Gasteiger partial charge is 0.493 e. The number of tetrazole rings is 1. The molecule has 1 aromatic heterocycles. The minimum atomic E-state index is -0.922. The standard InChI is InChI=1S/C26H27N5O3/c1-33-23-11-4-5-12-24(23)34-20-8-6-7-19(17-20)18-31-15-13-26(32,14-16-31)22-10-3-2-9-21(22)25-27-29-30-28-25/h2-12,17,32H,13-16,18H2,1H3,(H,27,28,29,30). The van der Waals surface area contributed by atoms with E-state index in [1.165, 1.54) is 0 Å². The van der Waals surface area contributed by atoms with Crippen LogP contribution < -0.4 is 9.47 Å². The number of ether oxygens (including phenoxy) is 2. The highest BCUT2D eigenvalue weighted by atomic mass is 16.5. The van der Waals surface area contributed by atoms with Gasteiger partial charge in [0.05, 0.1) is 12.7 Å². The van der Waals surface area contributed by atoms with Crippen molar-refractivity contribution in [1.29, 1.82) is 0 Å². The van der Waals surface area contributed by atoms with Crippen molar-refractivity contribution in [2.75, 3.05) is 20.2 Å². The van der Waals surface area contributed by atoms with Crippen LogP contribution in [0.25, 0.3) is 11.4 Å². The van der Waals surface area contributed by atoms with E-state index in [1.807, 2.05) is 60.7 Å². The number of aliphatic hydroxyl groups is 1. The molecule has 3 aromatic carbocycles. The van der Waals surface area contributed by atoms with Crippen molar-refractivity contribution in [3.05, 3.63) is 83.9 Å². The zero-order chi connectivity index (χ0) is 23.4. The molecule has 174 valence electrons. The Hall–Kier alpha value is -3.75. The fraction of sp³-hybridized carbons (Fsp3) is 0.269. The quantitative estimate of drug-likeness (QED) is 0.430. The molecular weight excluding hydrogens is 430 g/mol. The van der Waals surface area contributed by atoms with Crippen LogP contribution in [-0.2, 0) is 12.1 Å². The summed E-state index contributed by atoms with van der Waals surface area (Å²) >= 11 is 0. The average molecular weight is 458 g/mol. The van der Waals surface area contributed by atoms with E-state index in [0.717, 1.165) is 42.1 Å². The minimum absolute atomic E-state index is 0.568. The molecule has 0 atom stereocenters. The number of aromatic amines is 1. The molecule has 0 aliphatic carbocycles. The van der Waals surface area contributed by atoms with Crippen molar-refractivity contribution >= 4 is 0 Å². The van der Waals surface area contributed by atoms with Crippen molar-refractivity contribution in [1.82, 2.24) is 25.5 Å². The van der Waals surface area contributed by atoms with Crippen molar-refractivity contribution < 1.29 is 14.6 Å². The smallest absolute Gasteiger partial charge is 0.179 e. The lowest BCUT2D eigenvalue weighted by Gasteiger charge is -2.39. The van der Waals surface area contributed by atoms with Crippen LogP contribution in [0.5, 0.6) is 17.2 Å². The van der Waals surface area contributed by atoms with Gasteiger partial charge in [0.15, 0.2) is 17.3 Å². The maximum absolute atomic E-state index is 11.5. The highest BCUT2D eigenvalue weighted by molar-refractivity contribution is 5.61. The second-order valence-corrected chi connectivity index (χ2v) is 8.50. The lowest BCUT2D eigenvalue weighted by atomic mass is 9.81. The SMILES string of the molecule is COc1ccccc1Oc1cccc(CN2CCC(O)(c3ccccc3-c3nnn[nH]3)CC2)c1. The van der Waals surface area contributed by atoms with Crippen LogP contribution in [0, 0.1) is 0 Å². The fourth-order valence-corrected chi connectivity index (χ4v) is 4.51. The van der Waals surface area contributed by atoms with E-state index in [-0.39, 0.29) is 0 Å². The molecule has 0 spiro atoms. The second kappa shape index (κ2) is 9.62. The van der Waals surface area contributed by atoms with Gasteiger partial charge in [0.25, 0.3) is 0 Å². The molecule has 2 N–H and O–H groups in total. The summed E-state index contributed by atoms with van der Waals surface area (Å²) in [5.74, 6) is 2.72. The molecule has 34 heavy (non-hydrogen) atoms. The lowest BCUT2D eigenvalue weighted by molar-refractivity contribution is -0.0273. The Bertz CT molecular complexity index is 1240. The maximum Gasteiger partial charge on any atom is 0.179 e. The van der Waals surface area contributed by atoms with Crippen LogP contribution in [0.3, 0.4) is 0 Å². The third-order valence-electron chi connectivity index (χ3n) is 6.31. The molecular formula is C26H27N5O3. The Morgan fingerprint density at radius 3 is 2.50 bits per heavy atom. The number of nitrogens with one attached hydrogen (secondary N) is 1. The van der Waals surface area contributed by atoms with Crippen molar-refractivity contribution in [3.8, 4) is 28.6 Å². The van der Waals surface area contributed by atoms with E-state index < -0.39 is 5.60 Å². The number of H-pyrrole nitrogens is 1. The summed E-state index contributed by atoms with van der Waals surface area (Å²) < 4.78 is 11.5. The third kappa shape index (κ3) is 4.64. The summed E-state index contributed by atoms with van der Waals surface area (Å²) in [5.41, 5.74) is 1.94. The summed E-state index contributed by atoms with van der Waals surface area (Å²) in [6.45, 7) is 2.33. The molecule has 2 heterocycles. The summed E-state index contributed by atoms with van der Waals surface area (Å²) in [5, 5.41) is 25.7. The predicted molar refractivity (Wildman–Crippen MR) is 128 cm³/mol. The van der Waals surface area contributed by atoms with E-state index >= 15 is 0 Å². The molecule has 0 radical (unpaired) electrons. The van der Waals surface area contributed by atoms with E-state index in [0.29, 0.717) is 30.2 Å². The van der Waals surface area contributed by atoms with Gasteiger partial charge >= 0.3 is 0 Å². The first kappa shape index (κ1) is 22.1. The van der Waals surface area contributed by atoms with Gasteiger partial charge in [0.1, 0.15) is 5.75 Å². The molecule has 0 bridgehead atoms. The van der Waals surface area contributed by atoms with Gasteiger partial charge < -0.3 is 14.6 Å². The Morgan fingerprint density at radius 1 is 0.971 bits per heavy atom. The highest BCUT2D eigenvalue weighted by Crippen LogP contribution is 2.38. The third-order valence-corrected chi connectivity index (χ3v) is 6.31. The number of hydrogen-bond donors (Lipinski definition) is 2. The minimum Gasteiger partial charge on any atom is -0.493 e. The number of nitrogens with zero attached hydrogens (tertiary/aromatic N) is 4. The molecule has 0 unspecified atom stereocenters. The summed E-state index contributed by atoms with van der Waals surface area (Å²) in [4.78, 5) is 2.36. The van der Waals surface area contributed by atoms with E-state index in [1.54, 1.807) is 7.11 Å². The summed E-state index contributed by atoms with van der Waals surface area (Å²) in [7, 11) is 1.64. The Labute approximate surface area is 198 Å². The first-order valence-electron chi connectivity index (χ1n) is 11.3. The van der Waals surface area contributed by atoms with Crippen LogP contribution in [0.1, 0.15) is 24.0 Å². The summed E-state index contributed by atoms with van der Waals surface area (Å²) in [6.07, 6.45) is 1.26. The van der Waals surface area contributed by atoms with Gasteiger partial charge in [-0.25, -0.2) is 5.10 Å². The lowest BCUT2D eigenvalue weighted by Crippen LogP contribution is -2.42. The van der Waals surface area contributed by atoms with E-state index in [9.17, 15) is 5.11 Å². The second-order valence-electron chi connectivity index (χ2n) is 8.50. The van der Waals surface area contributed by atoms with Crippen molar-refractivity contribution in [3.63, 3.8) is 0 Å². The van der Waals surface area contributed by atoms with Crippen molar-refractivity contribution in [2.24, 2.45) is 0 Å². The molecule has 1 saturated heterocycles. The van der Waals surface area contributed by atoms with Gasteiger partial charge in [-0.3, -0.25) is 4.90 Å². The van der Waals surface area contributed by atoms with Gasteiger partial charge in [-0.2, -0.15) is 0 Å². The normalized spacial score (nSPS) is 15.7.